The van der Waals surface area contributed by atoms with Gasteiger partial charge in [-0.3, -0.25) is 4.79 Å². The summed E-state index contributed by atoms with van der Waals surface area (Å²) in [6.45, 7) is 1.75. The van der Waals surface area contributed by atoms with Crippen molar-refractivity contribution in [1.29, 1.82) is 0 Å². The summed E-state index contributed by atoms with van der Waals surface area (Å²) in [5.41, 5.74) is 2.36. The molecule has 3 N–H and O–H groups in total. The Hall–Kier alpha value is -4.02. The van der Waals surface area contributed by atoms with Crippen LogP contribution >= 0.6 is 11.6 Å². The quantitative estimate of drug-likeness (QED) is 0.303. The van der Waals surface area contributed by atoms with E-state index in [1.807, 2.05) is 37.3 Å². The zero-order valence-electron chi connectivity index (χ0n) is 20.1. The maximum absolute atomic E-state index is 12.3. The van der Waals surface area contributed by atoms with Crippen molar-refractivity contribution in [3.8, 4) is 11.5 Å². The Balaban J connectivity index is 1.67. The van der Waals surface area contributed by atoms with Gasteiger partial charge in [0.25, 0.3) is 11.8 Å². The molecule has 4 aromatic rings. The zero-order chi connectivity index (χ0) is 25.7. The molecule has 2 aromatic heterocycles. The number of carbonyl (C=O) groups is 1. The Morgan fingerprint density at radius 2 is 1.94 bits per heavy atom. The van der Waals surface area contributed by atoms with Crippen molar-refractivity contribution in [2.24, 2.45) is 0 Å². The number of aromatic nitrogens is 4. The summed E-state index contributed by atoms with van der Waals surface area (Å²) in [6, 6.07) is 14.1. The normalized spacial score (nSPS) is 11.7. The highest BCUT2D eigenvalue weighted by Crippen LogP contribution is 2.30. The maximum atomic E-state index is 12.3. The fourth-order valence-electron chi connectivity index (χ4n) is 3.43. The van der Waals surface area contributed by atoms with E-state index in [0.29, 0.717) is 40.0 Å². The fraction of sp³-hybridized carbons (Fsp3) is 0.240. The number of aliphatic hydroxyl groups excluding tert-OH is 1. The topological polar surface area (TPSA) is 129 Å². The number of amides is 1. The van der Waals surface area contributed by atoms with Crippen molar-refractivity contribution in [3.05, 3.63) is 76.8 Å². The van der Waals surface area contributed by atoms with E-state index < -0.39 is 6.04 Å². The van der Waals surface area contributed by atoms with E-state index in [1.165, 1.54) is 4.90 Å². The first-order chi connectivity index (χ1) is 17.4. The average molecular weight is 508 g/mol. The predicted octanol–water partition coefficient (Wildman–Crippen LogP) is 4.33. The lowest BCUT2D eigenvalue weighted by molar-refractivity contribution is 0.0828. The van der Waals surface area contributed by atoms with Gasteiger partial charge in [-0.25, -0.2) is 4.98 Å². The van der Waals surface area contributed by atoms with E-state index in [2.05, 4.69) is 30.8 Å². The number of anilines is 3. The molecule has 10 nitrogen and oxygen atoms in total. The monoisotopic (exact) mass is 507 g/mol. The molecule has 0 aliphatic carbocycles. The third kappa shape index (κ3) is 5.61. The van der Waals surface area contributed by atoms with Gasteiger partial charge in [0, 0.05) is 32.4 Å². The van der Waals surface area contributed by atoms with Crippen molar-refractivity contribution in [3.63, 3.8) is 0 Å². The minimum atomic E-state index is -0.438. The molecule has 36 heavy (non-hydrogen) atoms. The van der Waals surface area contributed by atoms with E-state index in [9.17, 15) is 9.90 Å². The molecule has 0 spiro atoms. The van der Waals surface area contributed by atoms with Gasteiger partial charge in [0.15, 0.2) is 0 Å². The van der Waals surface area contributed by atoms with Gasteiger partial charge in [0.2, 0.25) is 11.8 Å². The van der Waals surface area contributed by atoms with Crippen LogP contribution in [0.15, 0.2) is 59.1 Å². The Kier molecular flexibility index (Phi) is 7.77. The van der Waals surface area contributed by atoms with Gasteiger partial charge in [0.1, 0.15) is 5.82 Å². The molecule has 2 aromatic carbocycles. The van der Waals surface area contributed by atoms with Crippen molar-refractivity contribution < 1.29 is 14.3 Å². The van der Waals surface area contributed by atoms with Gasteiger partial charge in [-0.15, -0.1) is 10.2 Å². The molecular formula is C25H26ClN7O3. The summed E-state index contributed by atoms with van der Waals surface area (Å²) in [6.07, 6.45) is 2.15. The second-order valence-electron chi connectivity index (χ2n) is 8.12. The van der Waals surface area contributed by atoms with Gasteiger partial charge < -0.3 is 25.1 Å². The molecule has 1 amide bonds. The van der Waals surface area contributed by atoms with Gasteiger partial charge in [-0.05, 0) is 23.8 Å². The van der Waals surface area contributed by atoms with Gasteiger partial charge in [0.05, 0.1) is 28.8 Å². The number of benzene rings is 2. The first-order valence-corrected chi connectivity index (χ1v) is 11.7. The molecule has 0 aliphatic heterocycles. The smallest absolute Gasteiger partial charge is 0.254 e. The molecule has 0 saturated carbocycles. The minimum absolute atomic E-state index is 0.169. The van der Waals surface area contributed by atoms with Crippen molar-refractivity contribution in [1.82, 2.24) is 25.1 Å². The zero-order valence-corrected chi connectivity index (χ0v) is 20.8. The molecule has 4 rings (SSSR count). The number of nitrogens with one attached hydrogen (secondary N) is 2. The van der Waals surface area contributed by atoms with E-state index in [1.54, 1.807) is 38.5 Å². The Labute approximate surface area is 213 Å². The van der Waals surface area contributed by atoms with Gasteiger partial charge in [-0.2, -0.15) is 4.98 Å². The summed E-state index contributed by atoms with van der Waals surface area (Å²) >= 11 is 6.35. The van der Waals surface area contributed by atoms with Crippen LogP contribution in [0.4, 0.5) is 17.5 Å². The largest absolute Gasteiger partial charge is 0.421 e. The molecule has 0 unspecified atom stereocenters. The summed E-state index contributed by atoms with van der Waals surface area (Å²) in [7, 11) is 3.33. The summed E-state index contributed by atoms with van der Waals surface area (Å²) in [5.74, 6) is 1.22. The lowest BCUT2D eigenvalue weighted by atomic mass is 10.1. The molecule has 0 fully saturated rings. The standard InChI is InChI=1S/C25H26ClN7O3/c1-4-21-31-32-23(36-21)18-13-27-25(28-16-10-11-17(19(26)12-16)24(35)33(2)3)30-22(18)29-20(14-34)15-8-6-5-7-9-15/h5-13,20,34H,4,14H2,1-3H3,(H2,27,28,29,30)/t20-/m1/s1. The Morgan fingerprint density at radius 1 is 1.17 bits per heavy atom. The van der Waals surface area contributed by atoms with Gasteiger partial charge >= 0.3 is 0 Å². The third-order valence-electron chi connectivity index (χ3n) is 5.35. The first-order valence-electron chi connectivity index (χ1n) is 11.3. The molecule has 2 heterocycles. The van der Waals surface area contributed by atoms with Crippen LogP contribution in [-0.2, 0) is 6.42 Å². The van der Waals surface area contributed by atoms with Crippen molar-refractivity contribution in [2.75, 3.05) is 31.3 Å². The van der Waals surface area contributed by atoms with E-state index >= 15 is 0 Å². The van der Waals surface area contributed by atoms with Crippen LogP contribution in [-0.4, -0.2) is 56.8 Å². The summed E-state index contributed by atoms with van der Waals surface area (Å²) in [5, 5.41) is 24.9. The van der Waals surface area contributed by atoms with Crippen LogP contribution in [0.1, 0.15) is 34.8 Å². The van der Waals surface area contributed by atoms with Crippen LogP contribution in [0, 0.1) is 0 Å². The minimum Gasteiger partial charge on any atom is -0.421 e. The molecule has 186 valence electrons. The molecule has 1 atom stereocenters. The lowest BCUT2D eigenvalue weighted by Gasteiger charge is -2.19. The first kappa shape index (κ1) is 25.1. The summed E-state index contributed by atoms with van der Waals surface area (Å²) < 4.78 is 5.73. The SMILES string of the molecule is CCc1nnc(-c2cnc(Nc3ccc(C(=O)N(C)C)c(Cl)c3)nc2N[C@H](CO)c2ccccc2)o1. The van der Waals surface area contributed by atoms with Crippen LogP contribution in [0.5, 0.6) is 0 Å². The average Bonchev–Trinajstić information content (AvgIpc) is 3.37. The molecule has 0 bridgehead atoms. The van der Waals surface area contributed by atoms with E-state index in [0.717, 1.165) is 5.56 Å². The highest BCUT2D eigenvalue weighted by atomic mass is 35.5. The highest BCUT2D eigenvalue weighted by Gasteiger charge is 2.20. The molecule has 11 heteroatoms. The third-order valence-corrected chi connectivity index (χ3v) is 5.66. The number of halogens is 1. The number of aliphatic hydroxyl groups is 1. The van der Waals surface area contributed by atoms with Gasteiger partial charge in [-0.1, -0.05) is 48.9 Å². The predicted molar refractivity (Wildman–Crippen MR) is 137 cm³/mol. The fourth-order valence-corrected chi connectivity index (χ4v) is 3.70. The van der Waals surface area contributed by atoms with Crippen LogP contribution in [0.3, 0.4) is 0 Å². The van der Waals surface area contributed by atoms with Crippen molar-refractivity contribution >= 4 is 35.0 Å². The van der Waals surface area contributed by atoms with E-state index in [-0.39, 0.29) is 24.4 Å². The lowest BCUT2D eigenvalue weighted by Crippen LogP contribution is -2.22. The number of nitrogens with zero attached hydrogens (tertiary/aromatic N) is 5. The maximum Gasteiger partial charge on any atom is 0.254 e. The van der Waals surface area contributed by atoms with Crippen molar-refractivity contribution in [2.45, 2.75) is 19.4 Å². The van der Waals surface area contributed by atoms with Crippen LogP contribution < -0.4 is 10.6 Å². The second kappa shape index (κ2) is 11.1. The molecule has 0 aliphatic rings. The Bertz CT molecular complexity index is 1340. The molecule has 0 radical (unpaired) electrons. The number of aryl methyl sites for hydroxylation is 1. The summed E-state index contributed by atoms with van der Waals surface area (Å²) in [4.78, 5) is 22.7. The second-order valence-corrected chi connectivity index (χ2v) is 8.53. The van der Waals surface area contributed by atoms with Crippen LogP contribution in [0.2, 0.25) is 5.02 Å². The molecule has 0 saturated heterocycles. The van der Waals surface area contributed by atoms with Crippen LogP contribution in [0.25, 0.3) is 11.5 Å². The number of carbonyl (C=O) groups excluding carboxylic acids is 1. The molecular weight excluding hydrogens is 482 g/mol. The van der Waals surface area contributed by atoms with E-state index in [4.69, 9.17) is 16.0 Å². The number of rotatable bonds is 9. The highest BCUT2D eigenvalue weighted by molar-refractivity contribution is 6.34. The Morgan fingerprint density at radius 3 is 2.58 bits per heavy atom. The number of hydrogen-bond donors (Lipinski definition) is 3. The number of hydrogen-bond acceptors (Lipinski definition) is 9.